The van der Waals surface area contributed by atoms with Crippen molar-refractivity contribution in [1.29, 1.82) is 0 Å². The maximum atomic E-state index is 12.6. The van der Waals surface area contributed by atoms with Crippen molar-refractivity contribution in [2.24, 2.45) is 11.8 Å². The van der Waals surface area contributed by atoms with Crippen LogP contribution >= 0.6 is 11.3 Å². The number of thiophene rings is 1. The Morgan fingerprint density at radius 3 is 2.83 bits per heavy atom. The van der Waals surface area contributed by atoms with Gasteiger partial charge in [0.05, 0.1) is 17.0 Å². The highest BCUT2D eigenvalue weighted by Crippen LogP contribution is 2.28. The molecule has 2 fully saturated rings. The van der Waals surface area contributed by atoms with E-state index in [4.69, 9.17) is 4.42 Å². The first-order valence-corrected chi connectivity index (χ1v) is 9.14. The van der Waals surface area contributed by atoms with Crippen molar-refractivity contribution in [3.8, 4) is 10.8 Å². The van der Waals surface area contributed by atoms with Crippen molar-refractivity contribution in [3.63, 3.8) is 0 Å². The van der Waals surface area contributed by atoms with E-state index in [0.29, 0.717) is 12.3 Å². The fourth-order valence-corrected chi connectivity index (χ4v) is 4.29. The van der Waals surface area contributed by atoms with Crippen molar-refractivity contribution in [2.75, 3.05) is 26.2 Å². The second-order valence-corrected chi connectivity index (χ2v) is 7.38. The summed E-state index contributed by atoms with van der Waals surface area (Å²) in [6.07, 6.45) is 4.18. The van der Waals surface area contributed by atoms with Gasteiger partial charge < -0.3 is 14.6 Å². The molecule has 23 heavy (non-hydrogen) atoms. The molecule has 2 aromatic rings. The van der Waals surface area contributed by atoms with Gasteiger partial charge in [-0.3, -0.25) is 4.79 Å². The minimum absolute atomic E-state index is 0.170. The molecule has 1 amide bonds. The average Bonchev–Trinajstić information content (AvgIpc) is 3.27. The summed E-state index contributed by atoms with van der Waals surface area (Å²) >= 11 is 1.59. The zero-order valence-electron chi connectivity index (χ0n) is 13.0. The first-order valence-electron chi connectivity index (χ1n) is 8.26. The first-order chi connectivity index (χ1) is 11.3. The average molecular weight is 331 g/mol. The standard InChI is InChI=1S/C17H21N3O2S/c21-16(20-5-3-12-9-18-10-13(12)4-6-20)8-14-11-22-17(19-14)15-2-1-7-23-15/h1-2,7,11-13,18H,3-6,8-10H2/t12-,13+. The van der Waals surface area contributed by atoms with Gasteiger partial charge in [0.2, 0.25) is 11.8 Å². The molecule has 2 aromatic heterocycles. The Morgan fingerprint density at radius 2 is 2.13 bits per heavy atom. The van der Waals surface area contributed by atoms with Crippen molar-refractivity contribution in [2.45, 2.75) is 19.3 Å². The topological polar surface area (TPSA) is 58.4 Å². The summed E-state index contributed by atoms with van der Waals surface area (Å²) in [5.41, 5.74) is 0.726. The molecule has 4 rings (SSSR count). The Hall–Kier alpha value is -1.66. The largest absolute Gasteiger partial charge is 0.444 e. The van der Waals surface area contributed by atoms with Crippen LogP contribution in [0, 0.1) is 11.8 Å². The van der Waals surface area contributed by atoms with E-state index >= 15 is 0 Å². The van der Waals surface area contributed by atoms with Crippen LogP contribution in [-0.2, 0) is 11.2 Å². The molecule has 0 radical (unpaired) electrons. The predicted octanol–water partition coefficient (Wildman–Crippen LogP) is 2.40. The highest BCUT2D eigenvalue weighted by molar-refractivity contribution is 7.13. The Balaban J connectivity index is 1.38. The lowest BCUT2D eigenvalue weighted by Gasteiger charge is -2.20. The van der Waals surface area contributed by atoms with Gasteiger partial charge in [-0.05, 0) is 49.2 Å². The molecule has 5 nitrogen and oxygen atoms in total. The fraction of sp³-hybridized carbons (Fsp3) is 0.529. The second-order valence-electron chi connectivity index (χ2n) is 6.43. The predicted molar refractivity (Wildman–Crippen MR) is 89.2 cm³/mol. The number of likely N-dealkylation sites (tertiary alicyclic amines) is 1. The molecule has 0 unspecified atom stereocenters. The molecule has 4 heterocycles. The highest BCUT2D eigenvalue weighted by atomic mass is 32.1. The quantitative estimate of drug-likeness (QED) is 0.938. The molecule has 2 aliphatic rings. The molecule has 0 spiro atoms. The molecular weight excluding hydrogens is 310 g/mol. The van der Waals surface area contributed by atoms with Gasteiger partial charge in [-0.2, -0.15) is 0 Å². The lowest BCUT2D eigenvalue weighted by atomic mass is 9.92. The number of hydrogen-bond donors (Lipinski definition) is 1. The first kappa shape index (κ1) is 14.9. The van der Waals surface area contributed by atoms with Gasteiger partial charge in [0.1, 0.15) is 6.26 Å². The third-order valence-corrected chi connectivity index (χ3v) is 5.85. The normalized spacial score (nSPS) is 24.4. The number of nitrogens with one attached hydrogen (secondary N) is 1. The molecule has 6 heteroatoms. The number of amides is 1. The van der Waals surface area contributed by atoms with Gasteiger partial charge in [0.25, 0.3) is 0 Å². The van der Waals surface area contributed by atoms with Gasteiger partial charge in [0, 0.05) is 13.1 Å². The number of oxazole rings is 1. The Morgan fingerprint density at radius 1 is 1.35 bits per heavy atom. The highest BCUT2D eigenvalue weighted by Gasteiger charge is 2.31. The molecule has 0 bridgehead atoms. The van der Waals surface area contributed by atoms with E-state index in [1.165, 1.54) is 0 Å². The third kappa shape index (κ3) is 3.19. The number of hydrogen-bond acceptors (Lipinski definition) is 5. The molecule has 0 saturated carbocycles. The van der Waals surface area contributed by atoms with Gasteiger partial charge in [-0.25, -0.2) is 4.98 Å². The molecule has 1 N–H and O–H groups in total. The number of carbonyl (C=O) groups is 1. The maximum Gasteiger partial charge on any atom is 0.236 e. The number of fused-ring (bicyclic) bond motifs is 1. The smallest absolute Gasteiger partial charge is 0.236 e. The SMILES string of the molecule is O=C(Cc1coc(-c2cccs2)n1)N1CC[C@@H]2CNC[C@@H]2CC1. The van der Waals surface area contributed by atoms with E-state index in [9.17, 15) is 4.79 Å². The summed E-state index contributed by atoms with van der Waals surface area (Å²) in [5.74, 6) is 2.26. The Labute approximate surface area is 139 Å². The maximum absolute atomic E-state index is 12.6. The minimum Gasteiger partial charge on any atom is -0.444 e. The Bertz CT molecular complexity index is 653. The summed E-state index contributed by atoms with van der Waals surface area (Å²) in [5, 5.41) is 5.46. The molecule has 122 valence electrons. The van der Waals surface area contributed by atoms with Crippen LogP contribution in [0.4, 0.5) is 0 Å². The van der Waals surface area contributed by atoms with E-state index in [-0.39, 0.29) is 5.91 Å². The van der Waals surface area contributed by atoms with E-state index in [1.54, 1.807) is 17.6 Å². The van der Waals surface area contributed by atoms with Crippen molar-refractivity contribution < 1.29 is 9.21 Å². The zero-order valence-corrected chi connectivity index (χ0v) is 13.8. The third-order valence-electron chi connectivity index (χ3n) is 4.99. The van der Waals surface area contributed by atoms with Gasteiger partial charge in [-0.15, -0.1) is 11.3 Å². The van der Waals surface area contributed by atoms with E-state index < -0.39 is 0 Å². The molecule has 2 aliphatic heterocycles. The van der Waals surface area contributed by atoms with Crippen LogP contribution in [0.1, 0.15) is 18.5 Å². The monoisotopic (exact) mass is 331 g/mol. The molecular formula is C17H21N3O2S. The van der Waals surface area contributed by atoms with Crippen LogP contribution in [-0.4, -0.2) is 42.0 Å². The fourth-order valence-electron chi connectivity index (χ4n) is 3.64. The number of aromatic nitrogens is 1. The molecule has 0 aromatic carbocycles. The van der Waals surface area contributed by atoms with Crippen molar-refractivity contribution in [1.82, 2.24) is 15.2 Å². The van der Waals surface area contributed by atoms with Crippen LogP contribution in [0.5, 0.6) is 0 Å². The van der Waals surface area contributed by atoms with Crippen molar-refractivity contribution >= 4 is 17.2 Å². The summed E-state index contributed by atoms with van der Waals surface area (Å²) < 4.78 is 5.50. The summed E-state index contributed by atoms with van der Waals surface area (Å²) in [7, 11) is 0. The van der Waals surface area contributed by atoms with Crippen LogP contribution in [0.15, 0.2) is 28.2 Å². The van der Waals surface area contributed by atoms with Crippen LogP contribution in [0.25, 0.3) is 10.8 Å². The summed E-state index contributed by atoms with van der Waals surface area (Å²) in [6.45, 7) is 3.97. The summed E-state index contributed by atoms with van der Waals surface area (Å²) in [4.78, 5) is 20.0. The number of carbonyl (C=O) groups excluding carboxylic acids is 1. The summed E-state index contributed by atoms with van der Waals surface area (Å²) in [6, 6.07) is 3.95. The van der Waals surface area contributed by atoms with Crippen molar-refractivity contribution in [3.05, 3.63) is 29.5 Å². The van der Waals surface area contributed by atoms with E-state index in [2.05, 4.69) is 10.3 Å². The lowest BCUT2D eigenvalue weighted by Crippen LogP contribution is -2.34. The lowest BCUT2D eigenvalue weighted by molar-refractivity contribution is -0.130. The van der Waals surface area contributed by atoms with E-state index in [1.807, 2.05) is 22.4 Å². The molecule has 2 atom stereocenters. The van der Waals surface area contributed by atoms with Gasteiger partial charge in [-0.1, -0.05) is 6.07 Å². The minimum atomic E-state index is 0.170. The number of nitrogens with zero attached hydrogens (tertiary/aromatic N) is 2. The van der Waals surface area contributed by atoms with Crippen LogP contribution in [0.2, 0.25) is 0 Å². The van der Waals surface area contributed by atoms with Crippen LogP contribution in [0.3, 0.4) is 0 Å². The van der Waals surface area contributed by atoms with E-state index in [0.717, 1.165) is 61.4 Å². The Kier molecular flexibility index (Phi) is 4.18. The number of rotatable bonds is 3. The molecule has 0 aliphatic carbocycles. The van der Waals surface area contributed by atoms with Crippen LogP contribution < -0.4 is 5.32 Å². The second kappa shape index (κ2) is 6.45. The van der Waals surface area contributed by atoms with Gasteiger partial charge >= 0.3 is 0 Å². The van der Waals surface area contributed by atoms with Gasteiger partial charge in [0.15, 0.2) is 0 Å². The zero-order chi connectivity index (χ0) is 15.6. The molecule has 2 saturated heterocycles.